The van der Waals surface area contributed by atoms with Crippen LogP contribution in [-0.2, 0) is 16.4 Å². The number of anilines is 1. The first-order valence-electron chi connectivity index (χ1n) is 8.46. The molecule has 0 aliphatic carbocycles. The highest BCUT2D eigenvalue weighted by molar-refractivity contribution is 7.92. The van der Waals surface area contributed by atoms with E-state index in [4.69, 9.17) is 0 Å². The summed E-state index contributed by atoms with van der Waals surface area (Å²) in [4.78, 5) is 14.2. The molecule has 140 valence electrons. The van der Waals surface area contributed by atoms with Crippen LogP contribution in [0.15, 0.2) is 53.4 Å². The fourth-order valence-corrected chi connectivity index (χ4v) is 3.43. The average molecular weight is 375 g/mol. The first-order valence-corrected chi connectivity index (χ1v) is 9.95. The number of aryl methyl sites for hydroxylation is 1. The average Bonchev–Trinajstić information content (AvgIpc) is 2.62. The minimum absolute atomic E-state index is 0.0531. The van der Waals surface area contributed by atoms with E-state index in [1.54, 1.807) is 24.3 Å². The van der Waals surface area contributed by atoms with Crippen LogP contribution in [0.1, 0.15) is 22.8 Å². The number of hydrogen-bond donors (Lipinski definition) is 2. The normalized spacial score (nSPS) is 11.4. The molecule has 26 heavy (non-hydrogen) atoms. The summed E-state index contributed by atoms with van der Waals surface area (Å²) in [6.07, 6.45) is 0.887. The van der Waals surface area contributed by atoms with E-state index in [0.717, 1.165) is 12.0 Å². The van der Waals surface area contributed by atoms with Crippen molar-refractivity contribution in [1.29, 1.82) is 0 Å². The van der Waals surface area contributed by atoms with Crippen LogP contribution in [0.3, 0.4) is 0 Å². The highest BCUT2D eigenvalue weighted by atomic mass is 32.2. The van der Waals surface area contributed by atoms with E-state index in [2.05, 4.69) is 10.0 Å². The highest BCUT2D eigenvalue weighted by Crippen LogP contribution is 2.18. The van der Waals surface area contributed by atoms with Gasteiger partial charge in [0.1, 0.15) is 0 Å². The van der Waals surface area contributed by atoms with Gasteiger partial charge < -0.3 is 10.2 Å². The molecule has 1 amide bonds. The Hall–Kier alpha value is -2.38. The van der Waals surface area contributed by atoms with Crippen molar-refractivity contribution < 1.29 is 13.2 Å². The summed E-state index contributed by atoms with van der Waals surface area (Å²) < 4.78 is 27.7. The lowest BCUT2D eigenvalue weighted by atomic mass is 10.2. The van der Waals surface area contributed by atoms with E-state index in [-0.39, 0.29) is 10.8 Å². The molecule has 0 bridgehead atoms. The maximum absolute atomic E-state index is 12.6. The van der Waals surface area contributed by atoms with E-state index >= 15 is 0 Å². The van der Waals surface area contributed by atoms with E-state index < -0.39 is 10.0 Å². The van der Waals surface area contributed by atoms with Gasteiger partial charge in [-0.05, 0) is 56.4 Å². The van der Waals surface area contributed by atoms with E-state index in [9.17, 15) is 13.2 Å². The molecular weight excluding hydrogens is 350 g/mol. The van der Waals surface area contributed by atoms with Gasteiger partial charge in [-0.1, -0.05) is 25.1 Å². The highest BCUT2D eigenvalue weighted by Gasteiger charge is 2.16. The Morgan fingerprint density at radius 3 is 2.38 bits per heavy atom. The summed E-state index contributed by atoms with van der Waals surface area (Å²) >= 11 is 0. The van der Waals surface area contributed by atoms with Gasteiger partial charge in [0.2, 0.25) is 0 Å². The third-order valence-corrected chi connectivity index (χ3v) is 5.24. The summed E-state index contributed by atoms with van der Waals surface area (Å²) in [5.74, 6) is -0.295. The minimum atomic E-state index is -3.76. The van der Waals surface area contributed by atoms with Crippen LogP contribution in [-0.4, -0.2) is 46.4 Å². The van der Waals surface area contributed by atoms with Gasteiger partial charge in [-0.15, -0.1) is 0 Å². The van der Waals surface area contributed by atoms with Crippen molar-refractivity contribution >= 4 is 21.6 Å². The predicted octanol–water partition coefficient (Wildman–Crippen LogP) is 2.34. The van der Waals surface area contributed by atoms with E-state index in [0.29, 0.717) is 24.3 Å². The maximum Gasteiger partial charge on any atom is 0.261 e. The van der Waals surface area contributed by atoms with Crippen molar-refractivity contribution in [2.24, 2.45) is 0 Å². The minimum Gasteiger partial charge on any atom is -0.351 e. The molecule has 7 heteroatoms. The first kappa shape index (κ1) is 19.9. The van der Waals surface area contributed by atoms with Crippen molar-refractivity contribution in [3.05, 3.63) is 59.7 Å². The SMILES string of the molecule is CCc1ccc(NS(=O)(=O)c2cccc(C(=O)NCCN(C)C)c2)cc1. The van der Waals surface area contributed by atoms with Crippen LogP contribution >= 0.6 is 0 Å². The molecule has 6 nitrogen and oxygen atoms in total. The summed E-state index contributed by atoms with van der Waals surface area (Å²) in [6.45, 7) is 3.23. The standard InChI is InChI=1S/C19H25N3O3S/c1-4-15-8-10-17(11-9-15)21-26(24,25)18-7-5-6-16(14-18)19(23)20-12-13-22(2)3/h5-11,14,21H,4,12-13H2,1-3H3,(H,20,23). The van der Waals surface area contributed by atoms with Gasteiger partial charge in [0.05, 0.1) is 4.90 Å². The fraction of sp³-hybridized carbons (Fsp3) is 0.316. The Morgan fingerprint density at radius 1 is 1.08 bits per heavy atom. The number of nitrogens with one attached hydrogen (secondary N) is 2. The number of rotatable bonds is 8. The van der Waals surface area contributed by atoms with Crippen molar-refractivity contribution in [3.8, 4) is 0 Å². The molecule has 2 N–H and O–H groups in total. The number of hydrogen-bond acceptors (Lipinski definition) is 4. The zero-order valence-corrected chi connectivity index (χ0v) is 16.1. The van der Waals surface area contributed by atoms with Crippen LogP contribution in [0.25, 0.3) is 0 Å². The predicted molar refractivity (Wildman–Crippen MR) is 104 cm³/mol. The summed E-state index contributed by atoms with van der Waals surface area (Å²) in [5, 5.41) is 2.78. The maximum atomic E-state index is 12.6. The number of amides is 1. The van der Waals surface area contributed by atoms with Crippen LogP contribution in [0.2, 0.25) is 0 Å². The van der Waals surface area contributed by atoms with Gasteiger partial charge in [-0.2, -0.15) is 0 Å². The van der Waals surface area contributed by atoms with Gasteiger partial charge in [0.25, 0.3) is 15.9 Å². The van der Waals surface area contributed by atoms with Crippen LogP contribution in [0.4, 0.5) is 5.69 Å². The molecule has 0 heterocycles. The molecule has 0 aromatic heterocycles. The van der Waals surface area contributed by atoms with Crippen LogP contribution in [0, 0.1) is 0 Å². The Bertz CT molecular complexity index is 847. The molecule has 0 saturated heterocycles. The largest absolute Gasteiger partial charge is 0.351 e. The second kappa shape index (κ2) is 8.82. The number of carbonyl (C=O) groups excluding carboxylic acids is 1. The van der Waals surface area contributed by atoms with Gasteiger partial charge in [0, 0.05) is 24.3 Å². The van der Waals surface area contributed by atoms with Crippen LogP contribution in [0.5, 0.6) is 0 Å². The lowest BCUT2D eigenvalue weighted by molar-refractivity contribution is 0.0951. The summed E-state index contributed by atoms with van der Waals surface area (Å²) in [5.41, 5.74) is 1.93. The Kier molecular flexibility index (Phi) is 6.76. The van der Waals surface area contributed by atoms with Crippen molar-refractivity contribution in [2.45, 2.75) is 18.2 Å². The molecule has 2 aromatic carbocycles. The van der Waals surface area contributed by atoms with Crippen molar-refractivity contribution in [3.63, 3.8) is 0 Å². The Balaban J connectivity index is 2.12. The molecule has 2 aromatic rings. The number of carbonyl (C=O) groups is 1. The third kappa shape index (κ3) is 5.57. The zero-order chi connectivity index (χ0) is 19.2. The monoisotopic (exact) mass is 375 g/mol. The molecule has 2 rings (SSSR count). The molecule has 0 fully saturated rings. The quantitative estimate of drug-likeness (QED) is 0.742. The molecule has 0 radical (unpaired) electrons. The molecule has 0 atom stereocenters. The lowest BCUT2D eigenvalue weighted by Crippen LogP contribution is -2.31. The van der Waals surface area contributed by atoms with Crippen LogP contribution < -0.4 is 10.0 Å². The number of nitrogens with zero attached hydrogens (tertiary/aromatic N) is 1. The third-order valence-electron chi connectivity index (χ3n) is 3.87. The van der Waals surface area contributed by atoms with E-state index in [1.807, 2.05) is 38.1 Å². The zero-order valence-electron chi connectivity index (χ0n) is 15.3. The molecule has 0 aliphatic rings. The van der Waals surface area contributed by atoms with Gasteiger partial charge >= 0.3 is 0 Å². The second-order valence-electron chi connectivity index (χ2n) is 6.24. The first-order chi connectivity index (χ1) is 12.3. The topological polar surface area (TPSA) is 78.5 Å². The Labute approximate surface area is 155 Å². The van der Waals surface area contributed by atoms with E-state index in [1.165, 1.54) is 12.1 Å². The van der Waals surface area contributed by atoms with Crippen molar-refractivity contribution in [2.75, 3.05) is 31.9 Å². The molecule has 0 saturated carbocycles. The second-order valence-corrected chi connectivity index (χ2v) is 7.93. The Morgan fingerprint density at radius 2 is 1.77 bits per heavy atom. The lowest BCUT2D eigenvalue weighted by Gasteiger charge is -2.12. The number of sulfonamides is 1. The molecule has 0 spiro atoms. The molecule has 0 unspecified atom stereocenters. The fourth-order valence-electron chi connectivity index (χ4n) is 2.32. The van der Waals surface area contributed by atoms with Crippen molar-refractivity contribution in [1.82, 2.24) is 10.2 Å². The summed E-state index contributed by atoms with van der Waals surface area (Å²) in [6, 6.07) is 13.2. The molecular formula is C19H25N3O3S. The number of benzene rings is 2. The summed E-state index contributed by atoms with van der Waals surface area (Å²) in [7, 11) is 0.0684. The van der Waals surface area contributed by atoms with Gasteiger partial charge in [-0.3, -0.25) is 9.52 Å². The van der Waals surface area contributed by atoms with Gasteiger partial charge in [0.15, 0.2) is 0 Å². The smallest absolute Gasteiger partial charge is 0.261 e. The molecule has 0 aliphatic heterocycles. The van der Waals surface area contributed by atoms with Gasteiger partial charge in [-0.25, -0.2) is 8.42 Å². The number of likely N-dealkylation sites (N-methyl/N-ethyl adjacent to an activating group) is 1.